The standard InChI is InChI=1S/C31H34BrClN6O2/c1-21-35-9-2-10-39(21)20-24-15-23-17-26(33)3-8-29(23)30(18-22(24)16-25(32)19-34)37-11-13-38(14-12-37)31(41)36-27-4-6-28(40)7-5-27/h2-9,15-17,19,30,40H,10-14,18,20,34H2,1H3,(H,36,41)/b22-16+,25-19+. The molecule has 2 aromatic carbocycles. The average molecular weight is 638 g/mol. The lowest BCUT2D eigenvalue weighted by Crippen LogP contribution is -2.51. The van der Waals surface area contributed by atoms with E-state index in [4.69, 9.17) is 17.3 Å². The minimum atomic E-state index is -0.141. The molecule has 8 nitrogen and oxygen atoms in total. The van der Waals surface area contributed by atoms with Gasteiger partial charge in [-0.15, -0.1) is 0 Å². The van der Waals surface area contributed by atoms with E-state index >= 15 is 0 Å². The third kappa shape index (κ3) is 7.04. The molecule has 41 heavy (non-hydrogen) atoms. The fourth-order valence-corrected chi connectivity index (χ4v) is 5.92. The molecule has 0 aromatic heterocycles. The summed E-state index contributed by atoms with van der Waals surface area (Å²) in [5.41, 5.74) is 11.2. The summed E-state index contributed by atoms with van der Waals surface area (Å²) in [6.07, 6.45) is 10.6. The molecule has 0 spiro atoms. The number of amidine groups is 1. The van der Waals surface area contributed by atoms with Crippen molar-refractivity contribution in [2.75, 3.05) is 44.6 Å². The zero-order chi connectivity index (χ0) is 28.9. The van der Waals surface area contributed by atoms with E-state index < -0.39 is 0 Å². The topological polar surface area (TPSA) is 97.4 Å². The lowest BCUT2D eigenvalue weighted by molar-refractivity contribution is 0.112. The van der Waals surface area contributed by atoms with E-state index in [1.54, 1.807) is 30.5 Å². The van der Waals surface area contributed by atoms with Crippen LogP contribution in [0.5, 0.6) is 5.75 Å². The van der Waals surface area contributed by atoms with E-state index in [2.05, 4.69) is 60.3 Å². The number of nitrogens with zero attached hydrogens (tertiary/aromatic N) is 4. The van der Waals surface area contributed by atoms with E-state index in [1.807, 2.05) is 30.2 Å². The van der Waals surface area contributed by atoms with Gasteiger partial charge in [-0.3, -0.25) is 4.90 Å². The van der Waals surface area contributed by atoms with Crippen LogP contribution < -0.4 is 11.1 Å². The summed E-state index contributed by atoms with van der Waals surface area (Å²) in [4.78, 5) is 24.0. The number of carbonyl (C=O) groups excluding carboxylic acids is 1. The summed E-state index contributed by atoms with van der Waals surface area (Å²) in [6.45, 7) is 6.21. The van der Waals surface area contributed by atoms with Gasteiger partial charge in [0.1, 0.15) is 11.6 Å². The number of hydrogen-bond acceptors (Lipinski definition) is 6. The molecule has 2 heterocycles. The number of nitrogens with two attached hydrogens (primary N) is 1. The highest BCUT2D eigenvalue weighted by atomic mass is 79.9. The molecule has 1 saturated heterocycles. The Labute approximate surface area is 254 Å². The van der Waals surface area contributed by atoms with Crippen molar-refractivity contribution in [3.8, 4) is 5.75 Å². The average Bonchev–Trinajstić information content (AvgIpc) is 3.11. The van der Waals surface area contributed by atoms with E-state index in [1.165, 1.54) is 16.7 Å². The maximum atomic E-state index is 13.0. The van der Waals surface area contributed by atoms with Crippen molar-refractivity contribution in [3.63, 3.8) is 0 Å². The van der Waals surface area contributed by atoms with Crippen molar-refractivity contribution in [3.05, 3.63) is 98.8 Å². The first kappa shape index (κ1) is 29.0. The molecule has 0 bridgehead atoms. The minimum Gasteiger partial charge on any atom is -0.508 e. The molecule has 10 heteroatoms. The second kappa shape index (κ2) is 13.0. The molecule has 2 aliphatic heterocycles. The molecule has 1 unspecified atom stereocenters. The molecule has 4 N–H and O–H groups in total. The first-order valence-electron chi connectivity index (χ1n) is 13.6. The van der Waals surface area contributed by atoms with Crippen LogP contribution in [0.3, 0.4) is 0 Å². The van der Waals surface area contributed by atoms with Crippen molar-refractivity contribution >= 4 is 51.2 Å². The predicted octanol–water partition coefficient (Wildman–Crippen LogP) is 6.09. The molecule has 1 fully saturated rings. The Balaban J connectivity index is 1.38. The molecule has 2 aromatic rings. The second-order valence-electron chi connectivity index (χ2n) is 10.3. The Morgan fingerprint density at radius 3 is 2.66 bits per heavy atom. The summed E-state index contributed by atoms with van der Waals surface area (Å²) in [7, 11) is 0. The Morgan fingerprint density at radius 2 is 1.95 bits per heavy atom. The molecule has 0 radical (unpaired) electrons. The van der Waals surface area contributed by atoms with Crippen molar-refractivity contribution < 1.29 is 9.90 Å². The SMILES string of the molecule is CC1=NC=CCN1CC1=Cc2cc(Cl)ccc2C(N2CCN(C(=O)Nc3ccc(O)cc3)CC2)C/C1=C\C(Br)=C/N. The number of amides is 2. The van der Waals surface area contributed by atoms with Gasteiger partial charge < -0.3 is 26.0 Å². The van der Waals surface area contributed by atoms with Crippen LogP contribution in [0.25, 0.3) is 6.08 Å². The van der Waals surface area contributed by atoms with Crippen LogP contribution in [0.2, 0.25) is 5.02 Å². The number of nitrogens with one attached hydrogen (secondary N) is 1. The van der Waals surface area contributed by atoms with Crippen molar-refractivity contribution in [1.82, 2.24) is 14.7 Å². The van der Waals surface area contributed by atoms with Gasteiger partial charge in [-0.25, -0.2) is 9.79 Å². The molecule has 1 atom stereocenters. The van der Waals surface area contributed by atoms with Crippen LogP contribution in [-0.2, 0) is 0 Å². The largest absolute Gasteiger partial charge is 0.508 e. The number of halogens is 2. The van der Waals surface area contributed by atoms with Crippen LogP contribution in [0.4, 0.5) is 10.5 Å². The lowest BCUT2D eigenvalue weighted by atomic mass is 9.94. The first-order valence-corrected chi connectivity index (χ1v) is 14.8. The summed E-state index contributed by atoms with van der Waals surface area (Å²) in [6, 6.07) is 12.6. The van der Waals surface area contributed by atoms with E-state index in [9.17, 15) is 9.90 Å². The highest BCUT2D eigenvalue weighted by Crippen LogP contribution is 2.40. The summed E-state index contributed by atoms with van der Waals surface area (Å²) in [5, 5.41) is 13.2. The summed E-state index contributed by atoms with van der Waals surface area (Å²) >= 11 is 10.1. The van der Waals surface area contributed by atoms with Crippen LogP contribution in [0.15, 0.2) is 87.6 Å². The molecule has 5 rings (SSSR count). The van der Waals surface area contributed by atoms with Crippen molar-refractivity contribution in [1.29, 1.82) is 0 Å². The number of fused-ring (bicyclic) bond motifs is 1. The Bertz CT molecular complexity index is 1440. The lowest BCUT2D eigenvalue weighted by Gasteiger charge is -2.40. The molecule has 0 saturated carbocycles. The number of phenolic OH excluding ortho intramolecular Hbond substituents is 1. The van der Waals surface area contributed by atoms with Gasteiger partial charge in [0.05, 0.1) is 0 Å². The number of urea groups is 1. The Kier molecular flexibility index (Phi) is 9.17. The number of aliphatic imine (C=N–C) groups is 1. The predicted molar refractivity (Wildman–Crippen MR) is 170 cm³/mol. The number of aromatic hydroxyl groups is 1. The number of anilines is 1. The zero-order valence-electron chi connectivity index (χ0n) is 22.9. The van der Waals surface area contributed by atoms with E-state index in [0.29, 0.717) is 30.3 Å². The van der Waals surface area contributed by atoms with Gasteiger partial charge >= 0.3 is 6.03 Å². The third-order valence-electron chi connectivity index (χ3n) is 7.71. The molecule has 1 aliphatic carbocycles. The molecular formula is C31H34BrClN6O2. The second-order valence-corrected chi connectivity index (χ2v) is 11.7. The first-order chi connectivity index (χ1) is 19.8. The van der Waals surface area contributed by atoms with Crippen molar-refractivity contribution in [2.45, 2.75) is 19.4 Å². The van der Waals surface area contributed by atoms with Gasteiger partial charge in [-0.1, -0.05) is 17.7 Å². The maximum Gasteiger partial charge on any atom is 0.321 e. The molecule has 2 amide bonds. The number of phenols is 1. The fourth-order valence-electron chi connectivity index (χ4n) is 5.46. The van der Waals surface area contributed by atoms with Gasteiger partial charge in [-0.05, 0) is 106 Å². The van der Waals surface area contributed by atoms with Gasteiger partial charge in [-0.2, -0.15) is 0 Å². The highest BCUT2D eigenvalue weighted by molar-refractivity contribution is 9.11. The van der Waals surface area contributed by atoms with Crippen LogP contribution in [-0.4, -0.2) is 70.9 Å². The Hall–Kier alpha value is -3.53. The van der Waals surface area contributed by atoms with Crippen LogP contribution >= 0.6 is 27.5 Å². The number of benzene rings is 2. The quantitative estimate of drug-likeness (QED) is 0.345. The van der Waals surface area contributed by atoms with Gasteiger partial charge in [0.2, 0.25) is 0 Å². The number of allylic oxidation sites excluding steroid dienone is 2. The summed E-state index contributed by atoms with van der Waals surface area (Å²) in [5.74, 6) is 1.15. The number of hydrogen-bond donors (Lipinski definition) is 3. The zero-order valence-corrected chi connectivity index (χ0v) is 25.3. The van der Waals surface area contributed by atoms with Gasteiger partial charge in [0, 0.05) is 72.9 Å². The number of piperazine rings is 1. The molecular weight excluding hydrogens is 604 g/mol. The maximum absolute atomic E-state index is 13.0. The van der Waals surface area contributed by atoms with Crippen LogP contribution in [0, 0.1) is 0 Å². The molecule has 3 aliphatic rings. The summed E-state index contributed by atoms with van der Waals surface area (Å²) < 4.78 is 0.820. The van der Waals surface area contributed by atoms with Crippen molar-refractivity contribution in [2.24, 2.45) is 10.7 Å². The number of carbonyl (C=O) groups is 1. The third-order valence-corrected chi connectivity index (χ3v) is 8.44. The smallest absolute Gasteiger partial charge is 0.321 e. The van der Waals surface area contributed by atoms with Gasteiger partial charge in [0.25, 0.3) is 0 Å². The number of rotatable bonds is 5. The monoisotopic (exact) mass is 636 g/mol. The molecule has 214 valence electrons. The fraction of sp³-hybridized carbons (Fsp3) is 0.290. The van der Waals surface area contributed by atoms with Gasteiger partial charge in [0.15, 0.2) is 0 Å². The Morgan fingerprint density at radius 1 is 1.20 bits per heavy atom. The van der Waals surface area contributed by atoms with Crippen LogP contribution in [0.1, 0.15) is 30.5 Å². The normalized spacial score (nSPS) is 20.8. The van der Waals surface area contributed by atoms with E-state index in [0.717, 1.165) is 41.9 Å². The minimum absolute atomic E-state index is 0.0960. The highest BCUT2D eigenvalue weighted by Gasteiger charge is 2.31. The van der Waals surface area contributed by atoms with E-state index in [-0.39, 0.29) is 17.8 Å².